The number of rotatable bonds is 8. The highest BCUT2D eigenvalue weighted by Crippen LogP contribution is 2.12. The molecule has 0 radical (unpaired) electrons. The maximum Gasteiger partial charge on any atom is 0.260 e. The van der Waals surface area contributed by atoms with Gasteiger partial charge in [0.25, 0.3) is 10.0 Å². The van der Waals surface area contributed by atoms with Crippen molar-refractivity contribution in [3.05, 3.63) is 23.9 Å². The van der Waals surface area contributed by atoms with Gasteiger partial charge in [0, 0.05) is 38.1 Å². The minimum Gasteiger partial charge on any atom is -0.310 e. The number of pyridine rings is 1. The van der Waals surface area contributed by atoms with Gasteiger partial charge in [-0.3, -0.25) is 0 Å². The second-order valence-corrected chi connectivity index (χ2v) is 7.84. The first-order chi connectivity index (χ1) is 9.37. The molecule has 1 heterocycles. The van der Waals surface area contributed by atoms with Gasteiger partial charge in [0.05, 0.1) is 0 Å². The highest BCUT2D eigenvalue weighted by atomic mass is 32.2. The third kappa shape index (κ3) is 5.05. The Kier molecular flexibility index (Phi) is 6.94. The maximum atomic E-state index is 12.3. The van der Waals surface area contributed by atoms with Crippen LogP contribution in [0.2, 0.25) is 0 Å². The maximum absolute atomic E-state index is 12.3. The summed E-state index contributed by atoms with van der Waals surface area (Å²) in [6.07, 6.45) is 3.57. The smallest absolute Gasteiger partial charge is 0.260 e. The van der Waals surface area contributed by atoms with Crippen molar-refractivity contribution < 1.29 is 8.42 Å². The fraction of sp³-hybridized carbons (Fsp3) is 0.615. The number of thioether (sulfide) groups is 1. The van der Waals surface area contributed by atoms with E-state index >= 15 is 0 Å². The molecule has 0 bridgehead atoms. The van der Waals surface area contributed by atoms with Crippen LogP contribution in [0.5, 0.6) is 0 Å². The van der Waals surface area contributed by atoms with Gasteiger partial charge in [0.1, 0.15) is 0 Å². The first-order valence-electron chi connectivity index (χ1n) is 6.51. The molecule has 0 saturated heterocycles. The van der Waals surface area contributed by atoms with Crippen LogP contribution in [0.25, 0.3) is 0 Å². The van der Waals surface area contributed by atoms with Crippen LogP contribution in [-0.4, -0.2) is 49.3 Å². The number of aromatic nitrogens is 1. The van der Waals surface area contributed by atoms with E-state index in [0.29, 0.717) is 19.1 Å². The van der Waals surface area contributed by atoms with Crippen LogP contribution in [0.4, 0.5) is 0 Å². The Balaban J connectivity index is 2.76. The number of nitrogens with zero attached hydrogens (tertiary/aromatic N) is 2. The van der Waals surface area contributed by atoms with Crippen LogP contribution < -0.4 is 5.32 Å². The molecule has 0 aromatic carbocycles. The Morgan fingerprint density at radius 2 is 2.10 bits per heavy atom. The predicted molar refractivity (Wildman–Crippen MR) is 84.4 cm³/mol. The summed E-state index contributed by atoms with van der Waals surface area (Å²) >= 11 is 1.62. The van der Waals surface area contributed by atoms with Gasteiger partial charge >= 0.3 is 0 Å². The summed E-state index contributed by atoms with van der Waals surface area (Å²) in [6, 6.07) is 3.76. The van der Waals surface area contributed by atoms with Gasteiger partial charge in [0.2, 0.25) is 0 Å². The van der Waals surface area contributed by atoms with E-state index in [0.717, 1.165) is 11.3 Å². The zero-order chi connectivity index (χ0) is 15.2. The second kappa shape index (κ2) is 7.97. The van der Waals surface area contributed by atoms with Crippen molar-refractivity contribution in [3.8, 4) is 0 Å². The van der Waals surface area contributed by atoms with Gasteiger partial charge in [-0.25, -0.2) is 13.4 Å². The minimum absolute atomic E-state index is 0.106. The zero-order valence-electron chi connectivity index (χ0n) is 12.5. The van der Waals surface area contributed by atoms with Gasteiger partial charge < -0.3 is 5.32 Å². The number of hydrogen-bond donors (Lipinski definition) is 1. The molecule has 0 fully saturated rings. The third-order valence-electron chi connectivity index (χ3n) is 2.80. The Morgan fingerprint density at radius 1 is 1.40 bits per heavy atom. The fourth-order valence-corrected chi connectivity index (χ4v) is 3.14. The summed E-state index contributed by atoms with van der Waals surface area (Å²) in [5.41, 5.74) is 0.976. The molecule has 20 heavy (non-hydrogen) atoms. The topological polar surface area (TPSA) is 62.3 Å². The van der Waals surface area contributed by atoms with Gasteiger partial charge in [-0.05, 0) is 17.9 Å². The van der Waals surface area contributed by atoms with Crippen LogP contribution >= 0.6 is 11.8 Å². The normalized spacial score (nSPS) is 12.3. The lowest BCUT2D eigenvalue weighted by Crippen LogP contribution is -2.29. The molecule has 0 spiro atoms. The number of sulfonamides is 1. The Bertz CT molecular complexity index is 501. The van der Waals surface area contributed by atoms with Crippen molar-refractivity contribution in [2.45, 2.75) is 31.5 Å². The summed E-state index contributed by atoms with van der Waals surface area (Å²) in [4.78, 5) is 4.08. The average Bonchev–Trinajstić information content (AvgIpc) is 2.42. The largest absolute Gasteiger partial charge is 0.310 e. The summed E-state index contributed by atoms with van der Waals surface area (Å²) in [7, 11) is -1.89. The van der Waals surface area contributed by atoms with Crippen LogP contribution in [0.3, 0.4) is 0 Å². The molecule has 114 valence electrons. The van der Waals surface area contributed by atoms with Crippen LogP contribution in [0, 0.1) is 0 Å². The summed E-state index contributed by atoms with van der Waals surface area (Å²) in [5.74, 6) is 0.770. The van der Waals surface area contributed by atoms with E-state index in [2.05, 4.69) is 24.1 Å². The lowest BCUT2D eigenvalue weighted by molar-refractivity contribution is 0.485. The Hall–Kier alpha value is -0.630. The molecular formula is C13H23N3O2S2. The predicted octanol–water partition coefficient (Wildman–Crippen LogP) is 1.56. The van der Waals surface area contributed by atoms with E-state index < -0.39 is 10.0 Å². The lowest BCUT2D eigenvalue weighted by atomic mass is 10.2. The van der Waals surface area contributed by atoms with Crippen LogP contribution in [0.15, 0.2) is 23.4 Å². The molecule has 7 heteroatoms. The second-order valence-electron chi connectivity index (χ2n) is 4.86. The molecule has 0 aliphatic heterocycles. The standard InChI is InChI=1S/C13H23N3O2S2/c1-11(2)14-9-12-5-6-13(15-10-12)20(17,18)16(3)7-8-19-4/h5-6,10-11,14H,7-9H2,1-4H3. The van der Waals surface area contributed by atoms with Gasteiger partial charge in [-0.15, -0.1) is 0 Å². The van der Waals surface area contributed by atoms with Crippen molar-refractivity contribution in [1.82, 2.24) is 14.6 Å². The minimum atomic E-state index is -3.47. The van der Waals surface area contributed by atoms with Crippen LogP contribution in [0.1, 0.15) is 19.4 Å². The molecular weight excluding hydrogens is 294 g/mol. The summed E-state index contributed by atoms with van der Waals surface area (Å²) in [5, 5.41) is 3.37. The van der Waals surface area contributed by atoms with Crippen molar-refractivity contribution in [2.24, 2.45) is 0 Å². The lowest BCUT2D eigenvalue weighted by Gasteiger charge is -2.16. The Morgan fingerprint density at radius 3 is 2.60 bits per heavy atom. The molecule has 5 nitrogen and oxygen atoms in total. The van der Waals surface area contributed by atoms with E-state index in [1.807, 2.05) is 6.26 Å². The highest BCUT2D eigenvalue weighted by molar-refractivity contribution is 7.98. The van der Waals surface area contributed by atoms with E-state index in [-0.39, 0.29) is 5.03 Å². The molecule has 1 aromatic rings. The van der Waals surface area contributed by atoms with E-state index in [1.165, 1.54) is 4.31 Å². The highest BCUT2D eigenvalue weighted by Gasteiger charge is 2.21. The van der Waals surface area contributed by atoms with E-state index in [4.69, 9.17) is 0 Å². The SMILES string of the molecule is CSCCN(C)S(=O)(=O)c1ccc(CNC(C)C)cn1. The molecule has 1 aromatic heterocycles. The van der Waals surface area contributed by atoms with Gasteiger partial charge in [0.15, 0.2) is 5.03 Å². The molecule has 0 aliphatic rings. The molecule has 0 amide bonds. The molecule has 0 atom stereocenters. The summed E-state index contributed by atoms with van der Waals surface area (Å²) in [6.45, 7) is 5.30. The first-order valence-corrected chi connectivity index (χ1v) is 9.35. The van der Waals surface area contributed by atoms with Gasteiger partial charge in [-0.1, -0.05) is 19.9 Å². The molecule has 0 unspecified atom stereocenters. The zero-order valence-corrected chi connectivity index (χ0v) is 14.1. The molecule has 1 rings (SSSR count). The molecule has 1 N–H and O–H groups in total. The average molecular weight is 317 g/mol. The van der Waals surface area contributed by atoms with E-state index in [9.17, 15) is 8.42 Å². The molecule has 0 saturated carbocycles. The van der Waals surface area contributed by atoms with Crippen molar-refractivity contribution >= 4 is 21.8 Å². The molecule has 0 aliphatic carbocycles. The summed E-state index contributed by atoms with van der Waals surface area (Å²) < 4.78 is 25.9. The van der Waals surface area contributed by atoms with Crippen molar-refractivity contribution in [2.75, 3.05) is 25.6 Å². The van der Waals surface area contributed by atoms with Crippen molar-refractivity contribution in [3.63, 3.8) is 0 Å². The van der Waals surface area contributed by atoms with Crippen LogP contribution in [-0.2, 0) is 16.6 Å². The van der Waals surface area contributed by atoms with Gasteiger partial charge in [-0.2, -0.15) is 16.1 Å². The number of nitrogens with one attached hydrogen (secondary N) is 1. The van der Waals surface area contributed by atoms with Crippen molar-refractivity contribution in [1.29, 1.82) is 0 Å². The van der Waals surface area contributed by atoms with E-state index in [1.54, 1.807) is 37.1 Å². The first kappa shape index (κ1) is 17.4. The monoisotopic (exact) mass is 317 g/mol. The number of hydrogen-bond acceptors (Lipinski definition) is 5. The Labute approximate surface area is 126 Å². The quantitative estimate of drug-likeness (QED) is 0.788. The third-order valence-corrected chi connectivity index (χ3v) is 5.16. The fourth-order valence-electron chi connectivity index (χ4n) is 1.49.